The molecule has 12 nitrogen and oxygen atoms in total. The molecule has 0 bridgehead atoms. The summed E-state index contributed by atoms with van der Waals surface area (Å²) >= 11 is 0. The van der Waals surface area contributed by atoms with E-state index < -0.39 is 112 Å². The highest BCUT2D eigenvalue weighted by atomic mass is 28.6. The highest BCUT2D eigenvalue weighted by Gasteiger charge is 2.64. The summed E-state index contributed by atoms with van der Waals surface area (Å²) in [6.07, 6.45) is 0. The third kappa shape index (κ3) is 27.1. The molecule has 0 N–H and O–H groups in total. The molecule has 0 aromatic heterocycles. The lowest BCUT2D eigenvalue weighted by Crippen LogP contribution is -2.71. The molecule has 0 saturated heterocycles. The molecule has 0 aliphatic carbocycles. The van der Waals surface area contributed by atoms with Crippen molar-refractivity contribution in [2.24, 2.45) is 0 Å². The molecule has 0 fully saturated rings. The van der Waals surface area contributed by atoms with Crippen LogP contribution in [-0.4, -0.2) is 112 Å². The first-order valence-electron chi connectivity index (χ1n) is 18.5. The van der Waals surface area contributed by atoms with Crippen LogP contribution in [-0.2, 0) is 49.4 Å². The quantitative estimate of drug-likeness (QED) is 0.0860. The molecule has 0 spiro atoms. The molecule has 0 rings (SSSR count). The Bertz CT molecular complexity index is 846. The summed E-state index contributed by atoms with van der Waals surface area (Å²) in [7, 11) is -37.3. The smallest absolute Gasteiger partial charge is 0.396 e. The van der Waals surface area contributed by atoms with Crippen LogP contribution in [0.3, 0.4) is 0 Å². The van der Waals surface area contributed by atoms with E-state index in [-0.39, 0.29) is 0 Å². The summed E-state index contributed by atoms with van der Waals surface area (Å²) in [5.41, 5.74) is 0. The SMILES string of the molecule is C[Si](C)(C)O[Si](O[SiH](O[Si](O[Si](C)(C)C)(O[Si](C)(C)C)O[Si](C)(C)C)O[Si](O[Si](C)(C)C)(O[Si](C)(C)C)O[Si](C)(C)C)(O[Si](C)(C)C)O[Si](C)(C)C. The maximum atomic E-state index is 7.32. The van der Waals surface area contributed by atoms with E-state index in [2.05, 4.69) is 177 Å². The number of rotatable bonds is 24. The molecule has 0 unspecified atom stereocenters. The maximum Gasteiger partial charge on any atom is 0.639 e. The van der Waals surface area contributed by atoms with Crippen molar-refractivity contribution < 1.29 is 49.4 Å². The van der Waals surface area contributed by atoms with Gasteiger partial charge in [0.15, 0.2) is 74.9 Å². The molecule has 52 heavy (non-hydrogen) atoms. The largest absolute Gasteiger partial charge is 0.639 e. The molecule has 0 amide bonds. The van der Waals surface area contributed by atoms with E-state index in [9.17, 15) is 0 Å². The lowest BCUT2D eigenvalue weighted by molar-refractivity contribution is 0.0628. The van der Waals surface area contributed by atoms with Crippen molar-refractivity contribution in [1.29, 1.82) is 0 Å². The fourth-order valence-electron chi connectivity index (χ4n) is 4.20. The Kier molecular flexibility index (Phi) is 19.1. The molecule has 0 radical (unpaired) electrons. The van der Waals surface area contributed by atoms with E-state index in [1.807, 2.05) is 0 Å². The third-order valence-electron chi connectivity index (χ3n) is 4.60. The fourth-order valence-corrected chi connectivity index (χ4v) is 46.4. The molecule has 0 aromatic rings. The van der Waals surface area contributed by atoms with E-state index in [1.165, 1.54) is 0 Å². The summed E-state index contributed by atoms with van der Waals surface area (Å²) in [6, 6.07) is 0. The summed E-state index contributed by atoms with van der Waals surface area (Å²) in [6.45, 7) is 57.1. The van der Waals surface area contributed by atoms with Crippen molar-refractivity contribution in [2.75, 3.05) is 0 Å². The zero-order valence-electron chi connectivity index (χ0n) is 38.5. The van der Waals surface area contributed by atoms with E-state index >= 15 is 0 Å². The van der Waals surface area contributed by atoms with Gasteiger partial charge < -0.3 is 49.4 Å². The zero-order chi connectivity index (χ0) is 42.1. The summed E-state index contributed by atoms with van der Waals surface area (Å²) in [4.78, 5) is 0. The van der Waals surface area contributed by atoms with E-state index in [0.29, 0.717) is 0 Å². The molecule has 25 heteroatoms. The maximum absolute atomic E-state index is 7.32. The van der Waals surface area contributed by atoms with Crippen molar-refractivity contribution in [3.8, 4) is 0 Å². The normalized spacial score (nSPS) is 15.9. The second kappa shape index (κ2) is 18.3. The van der Waals surface area contributed by atoms with Crippen LogP contribution in [0.15, 0.2) is 0 Å². The van der Waals surface area contributed by atoms with Crippen LogP contribution < -0.4 is 0 Å². The van der Waals surface area contributed by atoms with Gasteiger partial charge in [-0.2, -0.15) is 0 Å². The van der Waals surface area contributed by atoms with Gasteiger partial charge in [0.2, 0.25) is 0 Å². The van der Waals surface area contributed by atoms with E-state index in [4.69, 9.17) is 49.4 Å². The first-order valence-corrected chi connectivity index (χ1v) is 55.5. The summed E-state index contributed by atoms with van der Waals surface area (Å²) in [5, 5.41) is 0. The standard InChI is InChI=1S/C27H82O12Si13/c1-41(2,3)31-50(32-42(4,5)6,33-43(7,8)9)28-40(29-51(34-44(10,11)12,35-45(13,14)15)36-46(16,17)18)30-52(37-47(19,20)21,38-48(22,23)24)39-49(25,26)27/h40H,1-27H3. The van der Waals surface area contributed by atoms with Gasteiger partial charge in [0.25, 0.3) is 0 Å². The molecular weight excluding hydrogens is 881 g/mol. The van der Waals surface area contributed by atoms with Crippen molar-refractivity contribution in [2.45, 2.75) is 177 Å². The van der Waals surface area contributed by atoms with Crippen LogP contribution in [0.4, 0.5) is 0 Å². The van der Waals surface area contributed by atoms with Crippen LogP contribution in [0.5, 0.6) is 0 Å². The van der Waals surface area contributed by atoms with E-state index in [1.54, 1.807) is 0 Å². The van der Waals surface area contributed by atoms with E-state index in [0.717, 1.165) is 0 Å². The average molecular weight is 964 g/mol. The number of hydrogen-bond acceptors (Lipinski definition) is 12. The minimum absolute atomic E-state index is 2.11. The summed E-state index contributed by atoms with van der Waals surface area (Å²) < 4.78 is 85.3. The van der Waals surface area contributed by atoms with Crippen molar-refractivity contribution >= 4 is 112 Å². The minimum Gasteiger partial charge on any atom is -0.396 e. The zero-order valence-corrected chi connectivity index (χ0v) is 51.6. The van der Waals surface area contributed by atoms with Gasteiger partial charge in [-0.15, -0.1) is 0 Å². The summed E-state index contributed by atoms with van der Waals surface area (Å²) in [5.74, 6) is 0. The second-order valence-corrected chi connectivity index (χ2v) is 73.8. The third-order valence-corrected chi connectivity index (χ3v) is 41.4. The molecule has 0 aromatic carbocycles. The Hall–Kier alpha value is 2.34. The highest BCUT2D eigenvalue weighted by Crippen LogP contribution is 2.35. The molecule has 0 atom stereocenters. The van der Waals surface area contributed by atoms with Gasteiger partial charge in [0.05, 0.1) is 0 Å². The Morgan fingerprint density at radius 1 is 0.192 bits per heavy atom. The van der Waals surface area contributed by atoms with Gasteiger partial charge in [-0.3, -0.25) is 0 Å². The average Bonchev–Trinajstić information content (AvgIpc) is 2.59. The number of hydrogen-bond donors (Lipinski definition) is 0. The van der Waals surface area contributed by atoms with Crippen LogP contribution in [0.25, 0.3) is 0 Å². The predicted molar refractivity (Wildman–Crippen MR) is 248 cm³/mol. The van der Waals surface area contributed by atoms with Crippen molar-refractivity contribution in [1.82, 2.24) is 0 Å². The van der Waals surface area contributed by atoms with Gasteiger partial charge in [0.1, 0.15) is 0 Å². The van der Waals surface area contributed by atoms with Gasteiger partial charge in [0, 0.05) is 0 Å². The van der Waals surface area contributed by atoms with Crippen molar-refractivity contribution in [3.63, 3.8) is 0 Å². The fraction of sp³-hybridized carbons (Fsp3) is 1.00. The van der Waals surface area contributed by atoms with Gasteiger partial charge >= 0.3 is 36.7 Å². The molecular formula is C27H82O12Si13. The lowest BCUT2D eigenvalue weighted by Gasteiger charge is -2.47. The first-order chi connectivity index (χ1) is 22.1. The Balaban J connectivity index is 8.46. The Morgan fingerprint density at radius 2 is 0.288 bits per heavy atom. The first kappa shape index (κ1) is 54.3. The molecule has 0 aliphatic heterocycles. The van der Waals surface area contributed by atoms with Gasteiger partial charge in [-0.05, 0) is 177 Å². The van der Waals surface area contributed by atoms with Crippen LogP contribution in [0, 0.1) is 0 Å². The molecule has 0 saturated carbocycles. The topological polar surface area (TPSA) is 111 Å². The molecule has 0 heterocycles. The highest BCUT2D eigenvalue weighted by molar-refractivity contribution is 6.94. The Labute approximate surface area is 335 Å². The van der Waals surface area contributed by atoms with Crippen LogP contribution >= 0.6 is 0 Å². The van der Waals surface area contributed by atoms with Crippen LogP contribution in [0.1, 0.15) is 0 Å². The Morgan fingerprint density at radius 3 is 0.365 bits per heavy atom. The van der Waals surface area contributed by atoms with Gasteiger partial charge in [-0.25, -0.2) is 0 Å². The molecule has 0 aliphatic rings. The predicted octanol–water partition coefficient (Wildman–Crippen LogP) is 9.72. The second-order valence-electron chi connectivity index (χ2n) is 22.1. The van der Waals surface area contributed by atoms with Gasteiger partial charge in [-0.1, -0.05) is 0 Å². The van der Waals surface area contributed by atoms with Crippen molar-refractivity contribution in [3.05, 3.63) is 0 Å². The lowest BCUT2D eigenvalue weighted by atomic mass is 11.8. The minimum atomic E-state index is -4.04. The van der Waals surface area contributed by atoms with Crippen LogP contribution in [0.2, 0.25) is 177 Å². The monoisotopic (exact) mass is 962 g/mol. The molecule has 314 valence electrons.